The summed E-state index contributed by atoms with van der Waals surface area (Å²) in [6.45, 7) is 0. The van der Waals surface area contributed by atoms with Gasteiger partial charge in [0.25, 0.3) is 0 Å². The monoisotopic (exact) mass is 355 g/mol. The predicted molar refractivity (Wildman–Crippen MR) is 102 cm³/mol. The Morgan fingerprint density at radius 1 is 1.00 bits per heavy atom. The Kier molecular flexibility index (Phi) is 4.19. The number of benzene rings is 2. The third-order valence-electron chi connectivity index (χ3n) is 4.26. The Morgan fingerprint density at radius 3 is 2.48 bits per heavy atom. The van der Waals surface area contributed by atoms with Gasteiger partial charge in [0.1, 0.15) is 17.2 Å². The molecule has 0 atom stereocenters. The molecular weight excluding hydrogens is 341 g/mol. The second-order valence-corrected chi connectivity index (χ2v) is 5.93. The first-order valence-electron chi connectivity index (χ1n) is 8.29. The molecule has 0 spiro atoms. The van der Waals surface area contributed by atoms with Crippen molar-refractivity contribution in [1.82, 2.24) is 15.0 Å². The standard InChI is InChI=1S/C21H14FN5/c1-24-21-17-9-16(14-6-4-13(11-23)5-7-14)10-18(22)19(17)26-20(27-21)15-3-2-8-25-12-15/h2-10,12H,1H3,(H,24,26,27). The van der Waals surface area contributed by atoms with Crippen LogP contribution in [-0.2, 0) is 0 Å². The van der Waals surface area contributed by atoms with Gasteiger partial charge in [-0.15, -0.1) is 0 Å². The van der Waals surface area contributed by atoms with E-state index >= 15 is 0 Å². The molecule has 0 radical (unpaired) electrons. The third kappa shape index (κ3) is 3.07. The average molecular weight is 355 g/mol. The van der Waals surface area contributed by atoms with Gasteiger partial charge in [-0.05, 0) is 47.5 Å². The summed E-state index contributed by atoms with van der Waals surface area (Å²) in [6.07, 6.45) is 3.30. The first kappa shape index (κ1) is 16.6. The van der Waals surface area contributed by atoms with E-state index in [0.717, 1.165) is 5.56 Å². The lowest BCUT2D eigenvalue weighted by Crippen LogP contribution is -2.00. The van der Waals surface area contributed by atoms with Crippen LogP contribution in [0.15, 0.2) is 60.9 Å². The molecule has 6 heteroatoms. The van der Waals surface area contributed by atoms with Crippen molar-refractivity contribution in [3.8, 4) is 28.6 Å². The fourth-order valence-electron chi connectivity index (χ4n) is 2.91. The predicted octanol–water partition coefficient (Wildman–Crippen LogP) is 4.41. The van der Waals surface area contributed by atoms with Crippen LogP contribution in [-0.4, -0.2) is 22.0 Å². The van der Waals surface area contributed by atoms with Gasteiger partial charge in [-0.1, -0.05) is 12.1 Å². The Morgan fingerprint density at radius 2 is 1.81 bits per heavy atom. The summed E-state index contributed by atoms with van der Waals surface area (Å²) in [7, 11) is 1.74. The highest BCUT2D eigenvalue weighted by Crippen LogP contribution is 2.31. The van der Waals surface area contributed by atoms with Crippen molar-refractivity contribution in [3.05, 3.63) is 72.3 Å². The summed E-state index contributed by atoms with van der Waals surface area (Å²) in [5.41, 5.74) is 3.02. The first-order chi connectivity index (χ1) is 13.2. The molecule has 1 N–H and O–H groups in total. The number of nitriles is 1. The number of hydrogen-bond acceptors (Lipinski definition) is 5. The van der Waals surface area contributed by atoms with Gasteiger partial charge in [-0.2, -0.15) is 5.26 Å². The molecule has 0 bridgehead atoms. The number of nitrogens with zero attached hydrogens (tertiary/aromatic N) is 4. The van der Waals surface area contributed by atoms with Crippen molar-refractivity contribution in [2.45, 2.75) is 0 Å². The lowest BCUT2D eigenvalue weighted by molar-refractivity contribution is 0.637. The van der Waals surface area contributed by atoms with E-state index in [4.69, 9.17) is 5.26 Å². The number of fused-ring (bicyclic) bond motifs is 1. The van der Waals surface area contributed by atoms with Crippen LogP contribution in [0.4, 0.5) is 10.2 Å². The minimum absolute atomic E-state index is 0.241. The normalized spacial score (nSPS) is 10.6. The van der Waals surface area contributed by atoms with Crippen LogP contribution in [0.5, 0.6) is 0 Å². The van der Waals surface area contributed by atoms with Gasteiger partial charge in [0.15, 0.2) is 5.82 Å². The summed E-state index contributed by atoms with van der Waals surface area (Å²) in [5.74, 6) is 0.508. The fraction of sp³-hybridized carbons (Fsp3) is 0.0476. The van der Waals surface area contributed by atoms with Crippen LogP contribution < -0.4 is 5.32 Å². The zero-order valence-corrected chi connectivity index (χ0v) is 14.4. The largest absolute Gasteiger partial charge is 0.373 e. The summed E-state index contributed by atoms with van der Waals surface area (Å²) in [5, 5.41) is 12.5. The average Bonchev–Trinajstić information content (AvgIpc) is 2.73. The van der Waals surface area contributed by atoms with Crippen molar-refractivity contribution in [2.75, 3.05) is 12.4 Å². The molecule has 2 heterocycles. The molecule has 4 aromatic rings. The van der Waals surface area contributed by atoms with E-state index in [0.29, 0.717) is 33.7 Å². The van der Waals surface area contributed by atoms with Gasteiger partial charge in [-0.25, -0.2) is 14.4 Å². The number of halogens is 1. The van der Waals surface area contributed by atoms with Crippen LogP contribution in [0, 0.1) is 17.1 Å². The summed E-state index contributed by atoms with van der Waals surface area (Å²) >= 11 is 0. The highest BCUT2D eigenvalue weighted by atomic mass is 19.1. The maximum atomic E-state index is 14.9. The summed E-state index contributed by atoms with van der Waals surface area (Å²) < 4.78 is 14.9. The molecule has 27 heavy (non-hydrogen) atoms. The number of nitrogens with one attached hydrogen (secondary N) is 1. The molecule has 0 aliphatic rings. The van der Waals surface area contributed by atoms with Gasteiger partial charge < -0.3 is 5.32 Å². The molecule has 0 amide bonds. The fourth-order valence-corrected chi connectivity index (χ4v) is 2.91. The zero-order chi connectivity index (χ0) is 18.8. The Bertz CT molecular complexity index is 1170. The molecule has 130 valence electrons. The molecule has 2 aromatic heterocycles. The molecule has 2 aromatic carbocycles. The van der Waals surface area contributed by atoms with Crippen LogP contribution in [0.3, 0.4) is 0 Å². The number of aromatic nitrogens is 3. The number of rotatable bonds is 3. The van der Waals surface area contributed by atoms with Crippen molar-refractivity contribution >= 4 is 16.7 Å². The Hall–Kier alpha value is -3.85. The van der Waals surface area contributed by atoms with E-state index in [1.807, 2.05) is 12.1 Å². The SMILES string of the molecule is CNc1nc(-c2cccnc2)nc2c(F)cc(-c3ccc(C#N)cc3)cc12. The van der Waals surface area contributed by atoms with Gasteiger partial charge >= 0.3 is 0 Å². The first-order valence-corrected chi connectivity index (χ1v) is 8.29. The number of pyridine rings is 1. The second kappa shape index (κ2) is 6.81. The quantitative estimate of drug-likeness (QED) is 0.589. The molecule has 0 fully saturated rings. The molecule has 0 saturated heterocycles. The molecule has 0 unspecified atom stereocenters. The van der Waals surface area contributed by atoms with Crippen molar-refractivity contribution in [2.24, 2.45) is 0 Å². The maximum absolute atomic E-state index is 14.9. The van der Waals surface area contributed by atoms with Crippen LogP contribution >= 0.6 is 0 Å². The van der Waals surface area contributed by atoms with E-state index in [-0.39, 0.29) is 5.52 Å². The highest BCUT2D eigenvalue weighted by molar-refractivity contribution is 5.94. The van der Waals surface area contributed by atoms with Gasteiger partial charge in [0.05, 0.1) is 11.6 Å². The summed E-state index contributed by atoms with van der Waals surface area (Å²) in [4.78, 5) is 13.0. The Labute approximate surface area is 155 Å². The molecule has 0 saturated carbocycles. The van der Waals surface area contributed by atoms with E-state index in [1.165, 1.54) is 6.07 Å². The lowest BCUT2D eigenvalue weighted by Gasteiger charge is -2.11. The number of anilines is 1. The second-order valence-electron chi connectivity index (χ2n) is 5.93. The lowest BCUT2D eigenvalue weighted by atomic mass is 10.0. The van der Waals surface area contributed by atoms with E-state index < -0.39 is 5.82 Å². The van der Waals surface area contributed by atoms with Crippen LogP contribution in [0.25, 0.3) is 33.4 Å². The van der Waals surface area contributed by atoms with Crippen LogP contribution in [0.2, 0.25) is 0 Å². The van der Waals surface area contributed by atoms with Crippen molar-refractivity contribution in [1.29, 1.82) is 5.26 Å². The highest BCUT2D eigenvalue weighted by Gasteiger charge is 2.14. The van der Waals surface area contributed by atoms with E-state index in [9.17, 15) is 4.39 Å². The van der Waals surface area contributed by atoms with Gasteiger partial charge in [0.2, 0.25) is 0 Å². The zero-order valence-electron chi connectivity index (χ0n) is 14.4. The molecule has 4 rings (SSSR count). The van der Waals surface area contributed by atoms with E-state index in [2.05, 4.69) is 26.3 Å². The molecular formula is C21H14FN5. The summed E-state index contributed by atoms with van der Waals surface area (Å²) in [6, 6.07) is 16.0. The van der Waals surface area contributed by atoms with Gasteiger partial charge in [0, 0.05) is 30.4 Å². The van der Waals surface area contributed by atoms with Crippen LogP contribution in [0.1, 0.15) is 5.56 Å². The van der Waals surface area contributed by atoms with Crippen molar-refractivity contribution < 1.29 is 4.39 Å². The molecule has 0 aliphatic heterocycles. The number of hydrogen-bond donors (Lipinski definition) is 1. The van der Waals surface area contributed by atoms with Gasteiger partial charge in [-0.3, -0.25) is 4.98 Å². The minimum Gasteiger partial charge on any atom is -0.373 e. The topological polar surface area (TPSA) is 74.5 Å². The molecule has 0 aliphatic carbocycles. The molecule has 5 nitrogen and oxygen atoms in total. The Balaban J connectivity index is 1.90. The maximum Gasteiger partial charge on any atom is 0.163 e. The smallest absolute Gasteiger partial charge is 0.163 e. The van der Waals surface area contributed by atoms with E-state index in [1.54, 1.807) is 49.8 Å². The third-order valence-corrected chi connectivity index (χ3v) is 4.26. The minimum atomic E-state index is -0.434. The van der Waals surface area contributed by atoms with Crippen molar-refractivity contribution in [3.63, 3.8) is 0 Å².